The van der Waals surface area contributed by atoms with Gasteiger partial charge in [0.2, 0.25) is 5.91 Å². The van der Waals surface area contributed by atoms with E-state index in [9.17, 15) is 9.18 Å². The summed E-state index contributed by atoms with van der Waals surface area (Å²) in [4.78, 5) is 13.8. The lowest BCUT2D eigenvalue weighted by Gasteiger charge is -2.26. The lowest BCUT2D eigenvalue weighted by molar-refractivity contribution is -0.134. The Labute approximate surface area is 122 Å². The molecule has 0 saturated heterocycles. The van der Waals surface area contributed by atoms with Gasteiger partial charge in [-0.15, -0.1) is 0 Å². The minimum Gasteiger partial charge on any atom is -0.337 e. The minimum atomic E-state index is -0.546. The summed E-state index contributed by atoms with van der Waals surface area (Å²) >= 11 is 3.30. The smallest absolute Gasteiger partial charge is 0.240 e. The molecule has 1 atom stereocenters. The summed E-state index contributed by atoms with van der Waals surface area (Å²) in [5.74, 6) is -0.390. The molecular weight excluding hydrogens is 311 g/mol. The molecule has 0 unspecified atom stereocenters. The topological polar surface area (TPSA) is 46.3 Å². The third kappa shape index (κ3) is 4.28. The molecule has 0 aliphatic carbocycles. The number of carbonyl (C=O) groups excluding carboxylic acids is 1. The fourth-order valence-electron chi connectivity index (χ4n) is 1.71. The largest absolute Gasteiger partial charge is 0.337 e. The first-order valence-electron chi connectivity index (χ1n) is 6.35. The van der Waals surface area contributed by atoms with Crippen LogP contribution in [0.4, 0.5) is 4.39 Å². The van der Waals surface area contributed by atoms with E-state index in [2.05, 4.69) is 15.9 Å². The van der Waals surface area contributed by atoms with E-state index >= 15 is 0 Å². The van der Waals surface area contributed by atoms with Gasteiger partial charge < -0.3 is 10.6 Å². The van der Waals surface area contributed by atoms with Crippen molar-refractivity contribution in [1.82, 2.24) is 4.90 Å². The van der Waals surface area contributed by atoms with Crippen molar-refractivity contribution >= 4 is 21.8 Å². The second kappa shape index (κ2) is 7.01. The number of carbonyl (C=O) groups is 1. The maximum Gasteiger partial charge on any atom is 0.240 e. The molecule has 0 radical (unpaired) electrons. The Morgan fingerprint density at radius 3 is 2.63 bits per heavy atom. The number of likely N-dealkylation sites (N-methyl/N-ethyl adjacent to an activating group) is 1. The van der Waals surface area contributed by atoms with Crippen LogP contribution in [0.1, 0.15) is 26.3 Å². The average molecular weight is 331 g/mol. The molecule has 0 bridgehead atoms. The highest BCUT2D eigenvalue weighted by Gasteiger charge is 2.23. The fourth-order valence-corrected chi connectivity index (χ4v) is 2.12. The Morgan fingerprint density at radius 2 is 2.11 bits per heavy atom. The van der Waals surface area contributed by atoms with Gasteiger partial charge in [0.25, 0.3) is 0 Å². The van der Waals surface area contributed by atoms with Gasteiger partial charge in [-0.25, -0.2) is 4.39 Å². The zero-order valence-corrected chi connectivity index (χ0v) is 13.1. The van der Waals surface area contributed by atoms with Crippen molar-refractivity contribution in [3.63, 3.8) is 0 Å². The van der Waals surface area contributed by atoms with Crippen molar-refractivity contribution in [2.75, 3.05) is 6.54 Å². The molecule has 0 fully saturated rings. The SMILES string of the molecule is CCN(Cc1cc(Br)ccc1F)C(=O)[C@@H](N)C(C)C. The van der Waals surface area contributed by atoms with E-state index in [1.165, 1.54) is 6.07 Å². The predicted octanol–water partition coefficient (Wildman–Crippen LogP) is 2.92. The van der Waals surface area contributed by atoms with E-state index in [0.29, 0.717) is 12.1 Å². The van der Waals surface area contributed by atoms with Crippen LogP contribution in [0.3, 0.4) is 0 Å². The summed E-state index contributed by atoms with van der Waals surface area (Å²) in [6.07, 6.45) is 0. The second-order valence-electron chi connectivity index (χ2n) is 4.86. The Bertz CT molecular complexity index is 451. The summed E-state index contributed by atoms with van der Waals surface area (Å²) in [6.45, 7) is 6.40. The zero-order valence-electron chi connectivity index (χ0n) is 11.5. The van der Waals surface area contributed by atoms with Gasteiger partial charge in [-0.2, -0.15) is 0 Å². The van der Waals surface area contributed by atoms with Gasteiger partial charge in [0, 0.05) is 23.1 Å². The summed E-state index contributed by atoms with van der Waals surface area (Å²) in [7, 11) is 0. The number of amides is 1. The van der Waals surface area contributed by atoms with E-state index in [0.717, 1.165) is 4.47 Å². The Hall–Kier alpha value is -0.940. The maximum absolute atomic E-state index is 13.7. The predicted molar refractivity (Wildman–Crippen MR) is 78.0 cm³/mol. The summed E-state index contributed by atoms with van der Waals surface area (Å²) in [5.41, 5.74) is 6.35. The van der Waals surface area contributed by atoms with Crippen molar-refractivity contribution in [1.29, 1.82) is 0 Å². The first-order valence-corrected chi connectivity index (χ1v) is 7.14. The number of benzene rings is 1. The Balaban J connectivity index is 2.87. The standard InChI is InChI=1S/C14H20BrFN2O/c1-4-18(14(19)13(17)9(2)3)8-10-7-11(15)5-6-12(10)16/h5-7,9,13H,4,8,17H2,1-3H3/t13-/m0/s1. The van der Waals surface area contributed by atoms with Crippen LogP contribution in [0.15, 0.2) is 22.7 Å². The van der Waals surface area contributed by atoms with Crippen LogP contribution >= 0.6 is 15.9 Å². The Morgan fingerprint density at radius 1 is 1.47 bits per heavy atom. The van der Waals surface area contributed by atoms with Crippen molar-refractivity contribution in [2.24, 2.45) is 11.7 Å². The van der Waals surface area contributed by atoms with Gasteiger partial charge in [-0.05, 0) is 31.0 Å². The van der Waals surface area contributed by atoms with Crippen LogP contribution in [0.2, 0.25) is 0 Å². The summed E-state index contributed by atoms with van der Waals surface area (Å²) < 4.78 is 14.5. The lowest BCUT2D eigenvalue weighted by atomic mass is 10.0. The van der Waals surface area contributed by atoms with Gasteiger partial charge in [-0.1, -0.05) is 29.8 Å². The summed E-state index contributed by atoms with van der Waals surface area (Å²) in [5, 5.41) is 0. The molecule has 0 aromatic heterocycles. The van der Waals surface area contributed by atoms with Crippen molar-refractivity contribution in [3.8, 4) is 0 Å². The number of hydrogen-bond donors (Lipinski definition) is 1. The molecule has 5 heteroatoms. The van der Waals surface area contributed by atoms with Crippen LogP contribution in [-0.2, 0) is 11.3 Å². The average Bonchev–Trinajstić information content (AvgIpc) is 2.37. The number of hydrogen-bond acceptors (Lipinski definition) is 2. The van der Waals surface area contributed by atoms with E-state index in [4.69, 9.17) is 5.73 Å². The number of nitrogens with zero attached hydrogens (tertiary/aromatic N) is 1. The quantitative estimate of drug-likeness (QED) is 0.902. The summed E-state index contributed by atoms with van der Waals surface area (Å²) in [6, 6.07) is 4.17. The third-order valence-electron chi connectivity index (χ3n) is 3.07. The van der Waals surface area contributed by atoms with E-state index < -0.39 is 6.04 Å². The van der Waals surface area contributed by atoms with E-state index in [1.54, 1.807) is 17.0 Å². The molecule has 0 heterocycles. The molecular formula is C14H20BrFN2O. The van der Waals surface area contributed by atoms with Gasteiger partial charge >= 0.3 is 0 Å². The highest BCUT2D eigenvalue weighted by Crippen LogP contribution is 2.18. The lowest BCUT2D eigenvalue weighted by Crippen LogP contribution is -2.46. The molecule has 1 aromatic rings. The molecule has 19 heavy (non-hydrogen) atoms. The maximum atomic E-state index is 13.7. The molecule has 106 valence electrons. The van der Waals surface area contributed by atoms with E-state index in [1.807, 2.05) is 20.8 Å². The van der Waals surface area contributed by atoms with Crippen molar-refractivity contribution in [2.45, 2.75) is 33.4 Å². The molecule has 1 rings (SSSR count). The van der Waals surface area contributed by atoms with Crippen LogP contribution < -0.4 is 5.73 Å². The monoisotopic (exact) mass is 330 g/mol. The first-order chi connectivity index (χ1) is 8.86. The second-order valence-corrected chi connectivity index (χ2v) is 5.77. The first kappa shape index (κ1) is 16.1. The highest BCUT2D eigenvalue weighted by molar-refractivity contribution is 9.10. The zero-order chi connectivity index (χ0) is 14.6. The number of nitrogens with two attached hydrogens (primary N) is 1. The molecule has 2 N–H and O–H groups in total. The van der Waals surface area contributed by atoms with Gasteiger partial charge in [0.1, 0.15) is 5.82 Å². The van der Waals surface area contributed by atoms with Crippen molar-refractivity contribution < 1.29 is 9.18 Å². The van der Waals surface area contributed by atoms with Crippen LogP contribution in [0, 0.1) is 11.7 Å². The van der Waals surface area contributed by atoms with Gasteiger partial charge in [0.15, 0.2) is 0 Å². The van der Waals surface area contributed by atoms with E-state index in [-0.39, 0.29) is 24.2 Å². The molecule has 1 amide bonds. The number of halogens is 2. The Kier molecular flexibility index (Phi) is 5.94. The normalized spacial score (nSPS) is 12.6. The molecule has 3 nitrogen and oxygen atoms in total. The third-order valence-corrected chi connectivity index (χ3v) is 3.56. The van der Waals surface area contributed by atoms with Gasteiger partial charge in [-0.3, -0.25) is 4.79 Å². The molecule has 1 aromatic carbocycles. The van der Waals surface area contributed by atoms with Gasteiger partial charge in [0.05, 0.1) is 6.04 Å². The van der Waals surface area contributed by atoms with Crippen molar-refractivity contribution in [3.05, 3.63) is 34.1 Å². The molecule has 0 aliphatic heterocycles. The fraction of sp³-hybridized carbons (Fsp3) is 0.500. The molecule has 0 aliphatic rings. The van der Waals surface area contributed by atoms with Crippen LogP contribution in [0.25, 0.3) is 0 Å². The highest BCUT2D eigenvalue weighted by atomic mass is 79.9. The van der Waals surface area contributed by atoms with Crippen LogP contribution in [0.5, 0.6) is 0 Å². The molecule has 0 spiro atoms. The number of rotatable bonds is 5. The van der Waals surface area contributed by atoms with Crippen LogP contribution in [-0.4, -0.2) is 23.4 Å². The molecule has 0 saturated carbocycles. The minimum absolute atomic E-state index is 0.0638.